The van der Waals surface area contributed by atoms with Gasteiger partial charge in [0.15, 0.2) is 23.2 Å². The normalized spacial score (nSPS) is 25.8. The van der Waals surface area contributed by atoms with Crippen molar-refractivity contribution in [2.45, 2.75) is 50.2 Å². The number of fused-ring (bicyclic) bond motifs is 1. The topological polar surface area (TPSA) is 146 Å². The molecule has 3 rings (SSSR count). The first-order valence-corrected chi connectivity index (χ1v) is 8.82. The molecular weight excluding hydrogens is 342 g/mol. The SMILES string of the molecule is OCCCCCCNc1ncnc2c1ncn2[C@@H]1O[C@@H](CO)[C@@H](O)[C@H]1O. The van der Waals surface area contributed by atoms with Gasteiger partial charge in [0, 0.05) is 13.2 Å². The fourth-order valence-electron chi connectivity index (χ4n) is 3.07. The number of aromatic nitrogens is 4. The highest BCUT2D eigenvalue weighted by Gasteiger charge is 2.44. The first-order valence-electron chi connectivity index (χ1n) is 8.82. The van der Waals surface area contributed by atoms with Crippen LogP contribution in [0.4, 0.5) is 5.82 Å². The van der Waals surface area contributed by atoms with E-state index < -0.39 is 24.5 Å². The summed E-state index contributed by atoms with van der Waals surface area (Å²) in [5.41, 5.74) is 1.01. The van der Waals surface area contributed by atoms with E-state index in [4.69, 9.17) is 9.84 Å². The number of hydrogen-bond donors (Lipinski definition) is 5. The summed E-state index contributed by atoms with van der Waals surface area (Å²) >= 11 is 0. The van der Waals surface area contributed by atoms with E-state index in [0.29, 0.717) is 17.0 Å². The molecule has 5 N–H and O–H groups in total. The molecule has 10 nitrogen and oxygen atoms in total. The van der Waals surface area contributed by atoms with Crippen molar-refractivity contribution < 1.29 is 25.2 Å². The number of aliphatic hydroxyl groups excluding tert-OH is 4. The summed E-state index contributed by atoms with van der Waals surface area (Å²) in [6.07, 6.45) is 2.52. The highest BCUT2D eigenvalue weighted by atomic mass is 16.6. The molecule has 0 spiro atoms. The summed E-state index contributed by atoms with van der Waals surface area (Å²) in [6, 6.07) is 0. The van der Waals surface area contributed by atoms with Crippen LogP contribution in [0, 0.1) is 0 Å². The number of nitrogens with one attached hydrogen (secondary N) is 1. The molecule has 1 saturated heterocycles. The quantitative estimate of drug-likeness (QED) is 0.367. The molecule has 1 aliphatic rings. The van der Waals surface area contributed by atoms with Crippen molar-refractivity contribution in [2.24, 2.45) is 0 Å². The highest BCUT2D eigenvalue weighted by Crippen LogP contribution is 2.32. The van der Waals surface area contributed by atoms with E-state index in [1.54, 1.807) is 0 Å². The Kier molecular flexibility index (Phi) is 6.33. The van der Waals surface area contributed by atoms with E-state index in [-0.39, 0.29) is 13.2 Å². The maximum absolute atomic E-state index is 10.2. The van der Waals surface area contributed by atoms with Gasteiger partial charge in [0.1, 0.15) is 24.6 Å². The van der Waals surface area contributed by atoms with Crippen LogP contribution < -0.4 is 5.32 Å². The van der Waals surface area contributed by atoms with Crippen LogP contribution in [-0.2, 0) is 4.74 Å². The van der Waals surface area contributed by atoms with Crippen LogP contribution >= 0.6 is 0 Å². The first kappa shape index (κ1) is 18.9. The number of anilines is 1. The average molecular weight is 367 g/mol. The number of ether oxygens (including phenoxy) is 1. The summed E-state index contributed by atoms with van der Waals surface area (Å²) in [7, 11) is 0. The van der Waals surface area contributed by atoms with Gasteiger partial charge in [-0.1, -0.05) is 12.8 Å². The largest absolute Gasteiger partial charge is 0.396 e. The van der Waals surface area contributed by atoms with Crippen LogP contribution in [0.2, 0.25) is 0 Å². The average Bonchev–Trinajstić information content (AvgIpc) is 3.20. The molecule has 26 heavy (non-hydrogen) atoms. The molecule has 3 heterocycles. The molecule has 10 heteroatoms. The maximum atomic E-state index is 10.2. The van der Waals surface area contributed by atoms with Gasteiger partial charge in [-0.05, 0) is 12.8 Å². The number of unbranched alkanes of at least 4 members (excludes halogenated alkanes) is 3. The predicted molar refractivity (Wildman–Crippen MR) is 92.4 cm³/mol. The summed E-state index contributed by atoms with van der Waals surface area (Å²) in [5, 5.41) is 41.4. The van der Waals surface area contributed by atoms with Gasteiger partial charge >= 0.3 is 0 Å². The van der Waals surface area contributed by atoms with Crippen LogP contribution in [0.3, 0.4) is 0 Å². The van der Waals surface area contributed by atoms with Gasteiger partial charge in [-0.2, -0.15) is 0 Å². The van der Waals surface area contributed by atoms with Crippen LogP contribution in [0.25, 0.3) is 11.2 Å². The zero-order valence-electron chi connectivity index (χ0n) is 14.4. The van der Waals surface area contributed by atoms with Gasteiger partial charge in [-0.15, -0.1) is 0 Å². The second kappa shape index (κ2) is 8.69. The number of aliphatic hydroxyl groups is 4. The maximum Gasteiger partial charge on any atom is 0.167 e. The van der Waals surface area contributed by atoms with Crippen LogP contribution in [0.1, 0.15) is 31.9 Å². The van der Waals surface area contributed by atoms with Crippen LogP contribution in [0.15, 0.2) is 12.7 Å². The Labute approximate surface area is 150 Å². The minimum Gasteiger partial charge on any atom is -0.396 e. The van der Waals surface area contributed by atoms with Crippen LogP contribution in [0.5, 0.6) is 0 Å². The van der Waals surface area contributed by atoms with Gasteiger partial charge in [0.05, 0.1) is 12.9 Å². The number of nitrogens with zero attached hydrogens (tertiary/aromatic N) is 4. The Hall–Kier alpha value is -1.85. The highest BCUT2D eigenvalue weighted by molar-refractivity contribution is 5.82. The van der Waals surface area contributed by atoms with E-state index in [1.165, 1.54) is 17.2 Å². The minimum atomic E-state index is -1.19. The lowest BCUT2D eigenvalue weighted by atomic mass is 10.1. The molecule has 0 unspecified atom stereocenters. The molecule has 0 aromatic carbocycles. The number of hydrogen-bond acceptors (Lipinski definition) is 9. The minimum absolute atomic E-state index is 0.221. The molecule has 4 atom stereocenters. The van der Waals surface area contributed by atoms with E-state index in [1.807, 2.05) is 0 Å². The second-order valence-electron chi connectivity index (χ2n) is 6.34. The van der Waals surface area contributed by atoms with Crippen molar-refractivity contribution in [1.82, 2.24) is 19.5 Å². The molecular formula is C16H25N5O5. The molecule has 1 fully saturated rings. The molecule has 1 aliphatic heterocycles. The number of rotatable bonds is 9. The smallest absolute Gasteiger partial charge is 0.167 e. The summed E-state index contributed by atoms with van der Waals surface area (Å²) in [6.45, 7) is 0.552. The Bertz CT molecular complexity index is 711. The summed E-state index contributed by atoms with van der Waals surface area (Å²) in [5.74, 6) is 0.586. The van der Waals surface area contributed by atoms with Crippen molar-refractivity contribution in [2.75, 3.05) is 25.1 Å². The third-order valence-corrected chi connectivity index (χ3v) is 4.53. The second-order valence-corrected chi connectivity index (χ2v) is 6.34. The molecule has 0 aliphatic carbocycles. The zero-order valence-corrected chi connectivity index (χ0v) is 14.4. The third-order valence-electron chi connectivity index (χ3n) is 4.53. The monoisotopic (exact) mass is 367 g/mol. The lowest BCUT2D eigenvalue weighted by molar-refractivity contribution is -0.0511. The van der Waals surface area contributed by atoms with Crippen molar-refractivity contribution in [3.8, 4) is 0 Å². The third kappa shape index (κ3) is 3.79. The molecule has 0 radical (unpaired) electrons. The van der Waals surface area contributed by atoms with Crippen LogP contribution in [-0.4, -0.2) is 78.0 Å². The Morgan fingerprint density at radius 2 is 1.85 bits per heavy atom. The molecule has 2 aromatic heterocycles. The Balaban J connectivity index is 1.71. The van der Waals surface area contributed by atoms with E-state index in [2.05, 4.69) is 20.3 Å². The summed E-state index contributed by atoms with van der Waals surface area (Å²) in [4.78, 5) is 12.7. The molecule has 0 bridgehead atoms. The lowest BCUT2D eigenvalue weighted by Crippen LogP contribution is -2.33. The van der Waals surface area contributed by atoms with Crippen molar-refractivity contribution in [3.63, 3.8) is 0 Å². The van der Waals surface area contributed by atoms with Crippen molar-refractivity contribution in [3.05, 3.63) is 12.7 Å². The standard InChI is InChI=1S/C16H25N5O5/c22-6-4-2-1-3-5-17-14-11-15(19-8-18-14)21(9-20-11)16-13(25)12(24)10(7-23)26-16/h8-10,12-13,16,22-25H,1-7H2,(H,17,18,19)/t10-,12+,13+,16+/m0/s1. The van der Waals surface area contributed by atoms with Crippen molar-refractivity contribution >= 4 is 17.0 Å². The van der Waals surface area contributed by atoms with Gasteiger partial charge in [-0.3, -0.25) is 4.57 Å². The van der Waals surface area contributed by atoms with E-state index >= 15 is 0 Å². The molecule has 0 saturated carbocycles. The molecule has 0 amide bonds. The lowest BCUT2D eigenvalue weighted by Gasteiger charge is -2.16. The van der Waals surface area contributed by atoms with Gasteiger partial charge in [-0.25, -0.2) is 15.0 Å². The van der Waals surface area contributed by atoms with Gasteiger partial charge in [0.25, 0.3) is 0 Å². The Morgan fingerprint density at radius 3 is 2.58 bits per heavy atom. The summed E-state index contributed by atoms with van der Waals surface area (Å²) < 4.78 is 7.07. The fraction of sp³-hybridized carbons (Fsp3) is 0.688. The van der Waals surface area contributed by atoms with Gasteiger partial charge in [0.2, 0.25) is 0 Å². The fourth-order valence-corrected chi connectivity index (χ4v) is 3.07. The number of imidazole rings is 1. The predicted octanol–water partition coefficient (Wildman–Crippen LogP) is -0.598. The Morgan fingerprint density at radius 1 is 1.04 bits per heavy atom. The van der Waals surface area contributed by atoms with E-state index in [9.17, 15) is 15.3 Å². The van der Waals surface area contributed by atoms with Gasteiger partial charge < -0.3 is 30.5 Å². The molecule has 2 aromatic rings. The first-order chi connectivity index (χ1) is 12.7. The van der Waals surface area contributed by atoms with E-state index in [0.717, 1.165) is 32.2 Å². The molecule has 144 valence electrons. The zero-order chi connectivity index (χ0) is 18.5. The van der Waals surface area contributed by atoms with Crippen molar-refractivity contribution in [1.29, 1.82) is 0 Å².